The minimum Gasteiger partial charge on any atom is -0.545 e. The van der Waals surface area contributed by atoms with Gasteiger partial charge in [-0.05, 0) is 24.3 Å². The van der Waals surface area contributed by atoms with Gasteiger partial charge in [-0.15, -0.1) is 0 Å². The minimum absolute atomic E-state index is 0.00665. The first kappa shape index (κ1) is 17.4. The quantitative estimate of drug-likeness (QED) is 0.863. The van der Waals surface area contributed by atoms with Gasteiger partial charge in [0.2, 0.25) is 0 Å². The average molecular weight is 350 g/mol. The molecule has 0 aliphatic carbocycles. The van der Waals surface area contributed by atoms with Crippen LogP contribution >= 0.6 is 11.6 Å². The van der Waals surface area contributed by atoms with E-state index in [-0.39, 0.29) is 22.7 Å². The van der Waals surface area contributed by atoms with E-state index in [0.29, 0.717) is 10.7 Å². The Morgan fingerprint density at radius 2 is 1.71 bits per heavy atom. The highest BCUT2D eigenvalue weighted by atomic mass is 35.5. The van der Waals surface area contributed by atoms with Crippen LogP contribution in [0.1, 0.15) is 10.4 Å². The number of rotatable bonds is 5. The van der Waals surface area contributed by atoms with Gasteiger partial charge in [-0.3, -0.25) is 0 Å². The maximum Gasteiger partial charge on any atom is 0.323 e. The second-order valence-electron chi connectivity index (χ2n) is 4.63. The Labute approximate surface area is 143 Å². The van der Waals surface area contributed by atoms with Crippen LogP contribution in [0.25, 0.3) is 0 Å². The summed E-state index contributed by atoms with van der Waals surface area (Å²) in [6, 6.07) is 8.42. The number of aromatic carboxylic acids is 1. The summed E-state index contributed by atoms with van der Waals surface area (Å²) in [6.07, 6.45) is 0. The molecule has 0 saturated heterocycles. The van der Waals surface area contributed by atoms with Gasteiger partial charge in [0.15, 0.2) is 11.5 Å². The summed E-state index contributed by atoms with van der Waals surface area (Å²) in [5.74, 6) is -0.993. The van der Waals surface area contributed by atoms with Crippen molar-refractivity contribution in [2.24, 2.45) is 0 Å². The number of halogens is 1. The van der Waals surface area contributed by atoms with Gasteiger partial charge in [0, 0.05) is 22.3 Å². The Bertz CT molecular complexity index is 779. The van der Waals surface area contributed by atoms with E-state index >= 15 is 0 Å². The molecule has 0 fully saturated rings. The number of ether oxygens (including phenoxy) is 2. The minimum atomic E-state index is -1.46. The molecule has 0 aliphatic rings. The van der Waals surface area contributed by atoms with Crippen LogP contribution < -0.4 is 25.2 Å². The van der Waals surface area contributed by atoms with E-state index in [2.05, 4.69) is 10.6 Å². The summed E-state index contributed by atoms with van der Waals surface area (Å²) in [5.41, 5.74) is 0.219. The third-order valence-electron chi connectivity index (χ3n) is 3.07. The van der Waals surface area contributed by atoms with Crippen molar-refractivity contribution in [2.45, 2.75) is 0 Å². The normalized spacial score (nSPS) is 9.96. The molecule has 0 atom stereocenters. The highest BCUT2D eigenvalue weighted by Crippen LogP contribution is 2.33. The van der Waals surface area contributed by atoms with E-state index in [1.807, 2.05) is 0 Å². The van der Waals surface area contributed by atoms with Crippen molar-refractivity contribution in [3.05, 3.63) is 47.0 Å². The van der Waals surface area contributed by atoms with E-state index in [0.717, 1.165) is 0 Å². The van der Waals surface area contributed by atoms with Crippen LogP contribution in [0.3, 0.4) is 0 Å². The summed E-state index contributed by atoms with van der Waals surface area (Å²) < 4.78 is 10.1. The summed E-state index contributed by atoms with van der Waals surface area (Å²) in [4.78, 5) is 23.3. The molecule has 0 aliphatic heterocycles. The van der Waals surface area contributed by atoms with Gasteiger partial charge in [-0.2, -0.15) is 0 Å². The van der Waals surface area contributed by atoms with Crippen LogP contribution in [-0.4, -0.2) is 26.2 Å². The molecule has 0 radical (unpaired) electrons. The monoisotopic (exact) mass is 349 g/mol. The zero-order chi connectivity index (χ0) is 17.7. The first-order valence-electron chi connectivity index (χ1n) is 6.75. The molecular weight excluding hydrogens is 336 g/mol. The lowest BCUT2D eigenvalue weighted by Gasteiger charge is -2.16. The van der Waals surface area contributed by atoms with Gasteiger partial charge in [0.1, 0.15) is 0 Å². The van der Waals surface area contributed by atoms with Crippen molar-refractivity contribution in [1.29, 1.82) is 0 Å². The Morgan fingerprint density at radius 3 is 2.29 bits per heavy atom. The van der Waals surface area contributed by atoms with Gasteiger partial charge in [-0.25, -0.2) is 4.79 Å². The zero-order valence-electron chi connectivity index (χ0n) is 12.9. The molecule has 2 rings (SSSR count). The molecule has 24 heavy (non-hydrogen) atoms. The number of carboxylic acids is 1. The Hall–Kier alpha value is -2.93. The third kappa shape index (κ3) is 4.08. The van der Waals surface area contributed by atoms with E-state index in [4.69, 9.17) is 21.1 Å². The molecule has 2 aromatic carbocycles. The largest absolute Gasteiger partial charge is 0.545 e. The van der Waals surface area contributed by atoms with E-state index in [1.165, 1.54) is 26.4 Å². The number of hydrogen-bond acceptors (Lipinski definition) is 5. The van der Waals surface area contributed by atoms with Crippen LogP contribution in [0.15, 0.2) is 36.4 Å². The molecule has 0 aromatic heterocycles. The van der Waals surface area contributed by atoms with Crippen molar-refractivity contribution in [2.75, 3.05) is 24.9 Å². The molecular formula is C16H14ClN2O5-. The smallest absolute Gasteiger partial charge is 0.323 e. The Balaban J connectivity index is 2.27. The molecule has 0 saturated carbocycles. The van der Waals surface area contributed by atoms with Crippen LogP contribution in [-0.2, 0) is 0 Å². The fraction of sp³-hybridized carbons (Fsp3) is 0.125. The summed E-state index contributed by atoms with van der Waals surface area (Å²) in [7, 11) is 2.77. The van der Waals surface area contributed by atoms with E-state index in [1.54, 1.807) is 24.3 Å². The fourth-order valence-corrected chi connectivity index (χ4v) is 2.19. The van der Waals surface area contributed by atoms with Gasteiger partial charge in [0.05, 0.1) is 25.9 Å². The van der Waals surface area contributed by atoms with E-state index in [9.17, 15) is 14.7 Å². The van der Waals surface area contributed by atoms with Gasteiger partial charge in [-0.1, -0.05) is 17.7 Å². The number of carboxylic acid groups (broad SMARTS) is 1. The highest BCUT2D eigenvalue weighted by Gasteiger charge is 2.14. The Morgan fingerprint density at radius 1 is 1.04 bits per heavy atom. The highest BCUT2D eigenvalue weighted by molar-refractivity contribution is 6.30. The summed E-state index contributed by atoms with van der Waals surface area (Å²) in [6.45, 7) is 0. The predicted octanol–water partition coefficient (Wildman–Crippen LogP) is 2.36. The zero-order valence-corrected chi connectivity index (χ0v) is 13.6. The van der Waals surface area contributed by atoms with Crippen LogP contribution in [0.4, 0.5) is 16.2 Å². The number of urea groups is 1. The number of carbonyl (C=O) groups excluding carboxylic acids is 2. The molecule has 8 heteroatoms. The van der Waals surface area contributed by atoms with Crippen LogP contribution in [0.2, 0.25) is 5.02 Å². The summed E-state index contributed by atoms with van der Waals surface area (Å²) >= 11 is 5.84. The first-order chi connectivity index (χ1) is 11.4. The molecule has 2 N–H and O–H groups in total. The number of nitrogens with one attached hydrogen (secondary N) is 2. The molecule has 2 aromatic rings. The second kappa shape index (κ2) is 7.56. The maximum absolute atomic E-state index is 12.1. The Kier molecular flexibility index (Phi) is 5.49. The second-order valence-corrected chi connectivity index (χ2v) is 5.07. The van der Waals surface area contributed by atoms with Crippen molar-refractivity contribution >= 4 is 35.0 Å². The number of benzene rings is 2. The first-order valence-corrected chi connectivity index (χ1v) is 7.13. The third-order valence-corrected chi connectivity index (χ3v) is 3.31. The number of anilines is 2. The lowest BCUT2D eigenvalue weighted by Crippen LogP contribution is -2.26. The van der Waals surface area contributed by atoms with Gasteiger partial charge in [0.25, 0.3) is 0 Å². The standard InChI is InChI=1S/C16H15ClN2O5/c1-23-13-7-11(15(20)21)12(8-14(13)24-2)19-16(22)18-10-5-3-4-9(17)6-10/h3-8H,1-2H3,(H,20,21)(H2,18,19,22)/p-1. The maximum atomic E-state index is 12.1. The lowest BCUT2D eigenvalue weighted by molar-refractivity contribution is -0.254. The number of carbonyl (C=O) groups is 2. The van der Waals surface area contributed by atoms with E-state index < -0.39 is 12.0 Å². The number of hydrogen-bond donors (Lipinski definition) is 2. The topological polar surface area (TPSA) is 99.7 Å². The lowest BCUT2D eigenvalue weighted by atomic mass is 10.1. The number of methoxy groups -OCH3 is 2. The SMILES string of the molecule is COc1cc(NC(=O)Nc2cccc(Cl)c2)c(C(=O)[O-])cc1OC. The van der Waals surface area contributed by atoms with Crippen molar-refractivity contribution < 1.29 is 24.2 Å². The molecule has 0 unspecified atom stereocenters. The van der Waals surface area contributed by atoms with Crippen LogP contribution in [0.5, 0.6) is 11.5 Å². The molecule has 0 bridgehead atoms. The molecule has 0 spiro atoms. The molecule has 126 valence electrons. The fourth-order valence-electron chi connectivity index (χ4n) is 2.00. The van der Waals surface area contributed by atoms with Gasteiger partial charge >= 0.3 is 6.03 Å². The predicted molar refractivity (Wildman–Crippen MR) is 88.0 cm³/mol. The van der Waals surface area contributed by atoms with Gasteiger partial charge < -0.3 is 30.0 Å². The van der Waals surface area contributed by atoms with Crippen molar-refractivity contribution in [3.63, 3.8) is 0 Å². The molecule has 2 amide bonds. The van der Waals surface area contributed by atoms with Crippen molar-refractivity contribution in [3.8, 4) is 11.5 Å². The van der Waals surface area contributed by atoms with Crippen molar-refractivity contribution in [1.82, 2.24) is 0 Å². The molecule has 7 nitrogen and oxygen atoms in total. The molecule has 0 heterocycles. The summed E-state index contributed by atoms with van der Waals surface area (Å²) in [5, 5.41) is 16.7. The number of amides is 2. The average Bonchev–Trinajstić information content (AvgIpc) is 2.54. The van der Waals surface area contributed by atoms with Crippen LogP contribution in [0, 0.1) is 0 Å².